The average Bonchev–Trinajstić information content (AvgIpc) is 2.49. The Morgan fingerprint density at radius 3 is 2.47 bits per heavy atom. The number of piperazine rings is 1. The standard InChI is InChI=1S/C15H25N3O/c1-3-13(12-16)17-8-10-18(11-9-17)14-6-4-5-7-15(14)19-2/h4-7,13H,3,8-12,16H2,1-2H3. The Kier molecular flexibility index (Phi) is 5.05. The Hall–Kier alpha value is -1.26. The van der Waals surface area contributed by atoms with Gasteiger partial charge in [-0.25, -0.2) is 0 Å². The van der Waals surface area contributed by atoms with Crippen molar-refractivity contribution in [1.82, 2.24) is 4.90 Å². The number of hydrogen-bond acceptors (Lipinski definition) is 4. The van der Waals surface area contributed by atoms with Gasteiger partial charge in [0.2, 0.25) is 0 Å². The molecule has 1 heterocycles. The van der Waals surface area contributed by atoms with E-state index in [0.717, 1.165) is 44.9 Å². The summed E-state index contributed by atoms with van der Waals surface area (Å²) in [7, 11) is 1.73. The summed E-state index contributed by atoms with van der Waals surface area (Å²) < 4.78 is 5.44. The molecule has 106 valence electrons. The van der Waals surface area contributed by atoms with E-state index in [9.17, 15) is 0 Å². The lowest BCUT2D eigenvalue weighted by atomic mass is 10.1. The first kappa shape index (κ1) is 14.2. The number of nitrogens with zero attached hydrogens (tertiary/aromatic N) is 2. The van der Waals surface area contributed by atoms with Crippen LogP contribution in [-0.4, -0.2) is 50.8 Å². The fourth-order valence-corrected chi connectivity index (χ4v) is 2.79. The van der Waals surface area contributed by atoms with Gasteiger partial charge in [-0.2, -0.15) is 0 Å². The van der Waals surface area contributed by atoms with Crippen molar-refractivity contribution in [3.63, 3.8) is 0 Å². The molecule has 1 atom stereocenters. The van der Waals surface area contributed by atoms with Crippen LogP contribution in [0.1, 0.15) is 13.3 Å². The van der Waals surface area contributed by atoms with Crippen LogP contribution in [-0.2, 0) is 0 Å². The van der Waals surface area contributed by atoms with Gasteiger partial charge in [-0.05, 0) is 18.6 Å². The molecule has 4 heteroatoms. The summed E-state index contributed by atoms with van der Waals surface area (Å²) in [6.45, 7) is 7.20. The number of ether oxygens (including phenoxy) is 1. The Labute approximate surface area is 116 Å². The van der Waals surface area contributed by atoms with Gasteiger partial charge in [0.05, 0.1) is 12.8 Å². The van der Waals surface area contributed by atoms with E-state index in [0.29, 0.717) is 6.04 Å². The number of para-hydroxylation sites is 2. The molecule has 1 aromatic rings. The van der Waals surface area contributed by atoms with Gasteiger partial charge in [0.25, 0.3) is 0 Å². The molecule has 1 aliphatic heterocycles. The highest BCUT2D eigenvalue weighted by Gasteiger charge is 2.23. The van der Waals surface area contributed by atoms with Gasteiger partial charge in [0.15, 0.2) is 0 Å². The molecular weight excluding hydrogens is 238 g/mol. The molecule has 2 N–H and O–H groups in total. The van der Waals surface area contributed by atoms with E-state index < -0.39 is 0 Å². The summed E-state index contributed by atoms with van der Waals surface area (Å²) >= 11 is 0. The first-order chi connectivity index (χ1) is 9.30. The quantitative estimate of drug-likeness (QED) is 0.875. The molecule has 0 radical (unpaired) electrons. The van der Waals surface area contributed by atoms with Gasteiger partial charge in [0, 0.05) is 38.8 Å². The lowest BCUT2D eigenvalue weighted by Gasteiger charge is -2.40. The van der Waals surface area contributed by atoms with Crippen LogP contribution in [0.15, 0.2) is 24.3 Å². The molecule has 1 saturated heterocycles. The van der Waals surface area contributed by atoms with Crippen LogP contribution in [0.3, 0.4) is 0 Å². The van der Waals surface area contributed by atoms with E-state index in [4.69, 9.17) is 10.5 Å². The summed E-state index contributed by atoms with van der Waals surface area (Å²) in [5.74, 6) is 0.960. The number of nitrogens with two attached hydrogens (primary N) is 1. The van der Waals surface area contributed by atoms with Crippen molar-refractivity contribution in [2.45, 2.75) is 19.4 Å². The normalized spacial score (nSPS) is 18.4. The lowest BCUT2D eigenvalue weighted by molar-refractivity contribution is 0.184. The third-order valence-electron chi connectivity index (χ3n) is 4.00. The first-order valence-corrected chi connectivity index (χ1v) is 7.12. The predicted octanol–water partition coefficient (Wildman–Crippen LogP) is 1.55. The zero-order valence-corrected chi connectivity index (χ0v) is 12.0. The van der Waals surface area contributed by atoms with Crippen LogP contribution in [0.25, 0.3) is 0 Å². The van der Waals surface area contributed by atoms with Gasteiger partial charge >= 0.3 is 0 Å². The van der Waals surface area contributed by atoms with Crippen LogP contribution < -0.4 is 15.4 Å². The number of anilines is 1. The highest BCUT2D eigenvalue weighted by molar-refractivity contribution is 5.58. The van der Waals surface area contributed by atoms with E-state index in [1.54, 1.807) is 7.11 Å². The molecule has 0 aromatic heterocycles. The van der Waals surface area contributed by atoms with Crippen molar-refractivity contribution in [2.24, 2.45) is 5.73 Å². The smallest absolute Gasteiger partial charge is 0.142 e. The predicted molar refractivity (Wildman–Crippen MR) is 79.9 cm³/mol. The molecule has 0 bridgehead atoms. The molecule has 0 spiro atoms. The molecule has 2 rings (SSSR count). The topological polar surface area (TPSA) is 41.7 Å². The van der Waals surface area contributed by atoms with Crippen molar-refractivity contribution in [3.05, 3.63) is 24.3 Å². The van der Waals surface area contributed by atoms with Gasteiger partial charge < -0.3 is 15.4 Å². The Bertz CT molecular complexity index is 385. The summed E-state index contributed by atoms with van der Waals surface area (Å²) in [6.07, 6.45) is 1.13. The summed E-state index contributed by atoms with van der Waals surface area (Å²) in [4.78, 5) is 4.91. The Morgan fingerprint density at radius 1 is 1.21 bits per heavy atom. The molecule has 1 aromatic carbocycles. The molecule has 1 unspecified atom stereocenters. The van der Waals surface area contributed by atoms with E-state index in [2.05, 4.69) is 28.9 Å². The number of hydrogen-bond donors (Lipinski definition) is 1. The van der Waals surface area contributed by atoms with Crippen LogP contribution in [0, 0.1) is 0 Å². The van der Waals surface area contributed by atoms with E-state index in [1.807, 2.05) is 12.1 Å². The minimum Gasteiger partial charge on any atom is -0.495 e. The fourth-order valence-electron chi connectivity index (χ4n) is 2.79. The maximum Gasteiger partial charge on any atom is 0.142 e. The number of rotatable bonds is 5. The van der Waals surface area contributed by atoms with Crippen molar-refractivity contribution >= 4 is 5.69 Å². The summed E-state index contributed by atoms with van der Waals surface area (Å²) in [5.41, 5.74) is 7.03. The lowest BCUT2D eigenvalue weighted by Crippen LogP contribution is -2.52. The van der Waals surface area contributed by atoms with Crippen molar-refractivity contribution in [1.29, 1.82) is 0 Å². The molecule has 1 fully saturated rings. The van der Waals surface area contributed by atoms with Gasteiger partial charge in [0.1, 0.15) is 5.75 Å². The average molecular weight is 263 g/mol. The Morgan fingerprint density at radius 2 is 1.89 bits per heavy atom. The molecule has 0 amide bonds. The van der Waals surface area contributed by atoms with E-state index in [-0.39, 0.29) is 0 Å². The third kappa shape index (κ3) is 3.19. The third-order valence-corrected chi connectivity index (χ3v) is 4.00. The molecule has 4 nitrogen and oxygen atoms in total. The highest BCUT2D eigenvalue weighted by atomic mass is 16.5. The minimum atomic E-state index is 0.528. The van der Waals surface area contributed by atoms with Crippen LogP contribution >= 0.6 is 0 Å². The zero-order valence-electron chi connectivity index (χ0n) is 12.0. The molecule has 1 aliphatic rings. The first-order valence-electron chi connectivity index (χ1n) is 7.12. The van der Waals surface area contributed by atoms with Gasteiger partial charge in [-0.1, -0.05) is 19.1 Å². The van der Waals surface area contributed by atoms with Crippen molar-refractivity contribution in [3.8, 4) is 5.75 Å². The van der Waals surface area contributed by atoms with Crippen LogP contribution in [0.4, 0.5) is 5.69 Å². The number of methoxy groups -OCH3 is 1. The van der Waals surface area contributed by atoms with Crippen LogP contribution in [0.2, 0.25) is 0 Å². The second-order valence-electron chi connectivity index (χ2n) is 4.99. The Balaban J connectivity index is 1.99. The van der Waals surface area contributed by atoms with E-state index >= 15 is 0 Å². The van der Waals surface area contributed by atoms with Gasteiger partial charge in [-0.3, -0.25) is 4.90 Å². The molecule has 0 aliphatic carbocycles. The zero-order chi connectivity index (χ0) is 13.7. The molecule has 19 heavy (non-hydrogen) atoms. The minimum absolute atomic E-state index is 0.528. The summed E-state index contributed by atoms with van der Waals surface area (Å²) in [6, 6.07) is 8.77. The maximum atomic E-state index is 5.83. The fraction of sp³-hybridized carbons (Fsp3) is 0.600. The second kappa shape index (κ2) is 6.78. The van der Waals surface area contributed by atoms with Crippen molar-refractivity contribution < 1.29 is 4.74 Å². The second-order valence-corrected chi connectivity index (χ2v) is 4.99. The van der Waals surface area contributed by atoms with Gasteiger partial charge in [-0.15, -0.1) is 0 Å². The maximum absolute atomic E-state index is 5.83. The van der Waals surface area contributed by atoms with Crippen LogP contribution in [0.5, 0.6) is 5.75 Å². The SMILES string of the molecule is CCC(CN)N1CCN(c2ccccc2OC)CC1. The monoisotopic (exact) mass is 263 g/mol. The molecular formula is C15H25N3O. The summed E-state index contributed by atoms with van der Waals surface area (Å²) in [5, 5.41) is 0. The molecule has 0 saturated carbocycles. The largest absolute Gasteiger partial charge is 0.495 e. The van der Waals surface area contributed by atoms with E-state index in [1.165, 1.54) is 5.69 Å². The number of benzene rings is 1. The highest BCUT2D eigenvalue weighted by Crippen LogP contribution is 2.28. The van der Waals surface area contributed by atoms with Crippen molar-refractivity contribution in [2.75, 3.05) is 44.7 Å².